The molecule has 0 aliphatic carbocycles. The molecular formula is C9H4N2O2S. The van der Waals surface area contributed by atoms with Crippen LogP contribution in [-0.2, 0) is 4.79 Å². The molecule has 2 heterocycles. The maximum Gasteiger partial charge on any atom is 0.296 e. The summed E-state index contributed by atoms with van der Waals surface area (Å²) in [6.45, 7) is 0. The third-order valence-electron chi connectivity index (χ3n) is 2.17. The van der Waals surface area contributed by atoms with Gasteiger partial charge in [0.2, 0.25) is 0 Å². The van der Waals surface area contributed by atoms with Crippen LogP contribution in [0, 0.1) is 0 Å². The SMILES string of the molecule is O=C1Nc2cc3scnc3cc2C1=O. The highest BCUT2D eigenvalue weighted by Crippen LogP contribution is 2.29. The van der Waals surface area contributed by atoms with Crippen molar-refractivity contribution >= 4 is 38.9 Å². The van der Waals surface area contributed by atoms with E-state index < -0.39 is 11.7 Å². The van der Waals surface area contributed by atoms with Gasteiger partial charge in [0, 0.05) is 0 Å². The molecular weight excluding hydrogens is 200 g/mol. The maximum absolute atomic E-state index is 11.3. The van der Waals surface area contributed by atoms with Crippen molar-refractivity contribution in [1.82, 2.24) is 4.98 Å². The Balaban J connectivity index is 2.37. The number of aromatic nitrogens is 1. The van der Waals surface area contributed by atoms with Gasteiger partial charge >= 0.3 is 0 Å². The van der Waals surface area contributed by atoms with Gasteiger partial charge in [-0.15, -0.1) is 11.3 Å². The average molecular weight is 204 g/mol. The molecule has 0 fully saturated rings. The van der Waals surface area contributed by atoms with Gasteiger partial charge in [0.25, 0.3) is 11.7 Å². The zero-order valence-corrected chi connectivity index (χ0v) is 7.72. The van der Waals surface area contributed by atoms with Crippen molar-refractivity contribution in [2.24, 2.45) is 0 Å². The monoisotopic (exact) mass is 204 g/mol. The van der Waals surface area contributed by atoms with Crippen molar-refractivity contribution < 1.29 is 9.59 Å². The normalized spacial score (nSPS) is 14.6. The first-order chi connectivity index (χ1) is 6.75. The molecule has 0 radical (unpaired) electrons. The summed E-state index contributed by atoms with van der Waals surface area (Å²) < 4.78 is 0.971. The molecule has 2 aromatic rings. The average Bonchev–Trinajstić information content (AvgIpc) is 2.70. The minimum atomic E-state index is -0.558. The number of carbonyl (C=O) groups excluding carboxylic acids is 2. The van der Waals surface area contributed by atoms with E-state index >= 15 is 0 Å². The first-order valence-electron chi connectivity index (χ1n) is 3.98. The smallest absolute Gasteiger partial charge is 0.296 e. The molecule has 1 amide bonds. The third-order valence-corrected chi connectivity index (χ3v) is 2.96. The van der Waals surface area contributed by atoms with Crippen molar-refractivity contribution in [2.45, 2.75) is 0 Å². The summed E-state index contributed by atoms with van der Waals surface area (Å²) in [5.41, 5.74) is 3.50. The van der Waals surface area contributed by atoms with Crippen LogP contribution in [0.2, 0.25) is 0 Å². The van der Waals surface area contributed by atoms with Crippen LogP contribution in [0.15, 0.2) is 17.6 Å². The van der Waals surface area contributed by atoms with Crippen molar-refractivity contribution in [2.75, 3.05) is 5.32 Å². The predicted octanol–water partition coefficient (Wildman–Crippen LogP) is 1.43. The Bertz CT molecular complexity index is 573. The molecule has 1 aliphatic heterocycles. The fraction of sp³-hybridized carbons (Fsp3) is 0. The molecule has 1 aromatic heterocycles. The van der Waals surface area contributed by atoms with E-state index in [0.717, 1.165) is 10.2 Å². The number of hydrogen-bond acceptors (Lipinski definition) is 4. The Morgan fingerprint density at radius 3 is 3.00 bits per heavy atom. The number of nitrogens with zero attached hydrogens (tertiary/aromatic N) is 1. The first kappa shape index (κ1) is 7.64. The second-order valence-electron chi connectivity index (χ2n) is 3.00. The molecule has 0 saturated heterocycles. The summed E-state index contributed by atoms with van der Waals surface area (Å²) >= 11 is 1.48. The molecule has 0 atom stereocenters. The molecule has 0 saturated carbocycles. The van der Waals surface area contributed by atoms with Gasteiger partial charge < -0.3 is 5.32 Å². The van der Waals surface area contributed by atoms with Crippen LogP contribution in [-0.4, -0.2) is 16.7 Å². The van der Waals surface area contributed by atoms with Gasteiger partial charge in [-0.25, -0.2) is 4.98 Å². The number of hydrogen-bond donors (Lipinski definition) is 1. The Morgan fingerprint density at radius 2 is 2.14 bits per heavy atom. The molecule has 0 spiro atoms. The second-order valence-corrected chi connectivity index (χ2v) is 3.89. The van der Waals surface area contributed by atoms with Crippen LogP contribution < -0.4 is 5.32 Å². The lowest BCUT2D eigenvalue weighted by molar-refractivity contribution is -0.112. The maximum atomic E-state index is 11.3. The highest BCUT2D eigenvalue weighted by atomic mass is 32.1. The van der Waals surface area contributed by atoms with E-state index in [1.807, 2.05) is 0 Å². The summed E-state index contributed by atoms with van der Waals surface area (Å²) in [4.78, 5) is 26.5. The molecule has 1 aliphatic rings. The number of benzene rings is 1. The fourth-order valence-electron chi connectivity index (χ4n) is 1.50. The molecule has 5 heteroatoms. The number of thiazole rings is 1. The number of fused-ring (bicyclic) bond motifs is 2. The van der Waals surface area contributed by atoms with Crippen LogP contribution in [0.4, 0.5) is 5.69 Å². The van der Waals surface area contributed by atoms with Crippen molar-refractivity contribution in [3.05, 3.63) is 23.2 Å². The Hall–Kier alpha value is -1.75. The summed E-state index contributed by atoms with van der Waals surface area (Å²) in [7, 11) is 0. The van der Waals surface area contributed by atoms with Crippen LogP contribution >= 0.6 is 11.3 Å². The summed E-state index contributed by atoms with van der Waals surface area (Å²) in [6.07, 6.45) is 0. The summed E-state index contributed by atoms with van der Waals surface area (Å²) in [5, 5.41) is 2.52. The molecule has 1 N–H and O–H groups in total. The lowest BCUT2D eigenvalue weighted by Gasteiger charge is -1.95. The third kappa shape index (κ3) is 0.843. The summed E-state index contributed by atoms with van der Waals surface area (Å²) in [5.74, 6) is -1.03. The zero-order valence-electron chi connectivity index (χ0n) is 6.90. The van der Waals surface area contributed by atoms with Crippen molar-refractivity contribution in [3.8, 4) is 0 Å². The fourth-order valence-corrected chi connectivity index (χ4v) is 2.19. The van der Waals surface area contributed by atoms with Gasteiger partial charge in [-0.05, 0) is 12.1 Å². The van der Waals surface area contributed by atoms with E-state index in [1.54, 1.807) is 17.6 Å². The van der Waals surface area contributed by atoms with E-state index in [4.69, 9.17) is 0 Å². The minimum absolute atomic E-state index is 0.424. The Labute approximate surface area is 82.6 Å². The van der Waals surface area contributed by atoms with Crippen LogP contribution in [0.1, 0.15) is 10.4 Å². The van der Waals surface area contributed by atoms with E-state index in [1.165, 1.54) is 11.3 Å². The lowest BCUT2D eigenvalue weighted by atomic mass is 10.1. The van der Waals surface area contributed by atoms with Gasteiger partial charge in [0.1, 0.15) is 0 Å². The largest absolute Gasteiger partial charge is 0.318 e. The van der Waals surface area contributed by atoms with Gasteiger partial charge in [0.05, 0.1) is 27.0 Å². The molecule has 14 heavy (non-hydrogen) atoms. The number of Topliss-reactive ketones (excluding diaryl/α,β-unsaturated/α-hetero) is 1. The number of rotatable bonds is 0. The van der Waals surface area contributed by atoms with Gasteiger partial charge in [-0.3, -0.25) is 9.59 Å². The molecule has 0 unspecified atom stereocenters. The van der Waals surface area contributed by atoms with Crippen LogP contribution in [0.25, 0.3) is 10.2 Å². The quantitative estimate of drug-likeness (QED) is 0.660. The molecule has 0 bridgehead atoms. The van der Waals surface area contributed by atoms with E-state index in [-0.39, 0.29) is 0 Å². The number of carbonyl (C=O) groups is 2. The Kier molecular flexibility index (Phi) is 1.30. The van der Waals surface area contributed by atoms with Gasteiger partial charge in [0.15, 0.2) is 0 Å². The van der Waals surface area contributed by atoms with E-state index in [9.17, 15) is 9.59 Å². The van der Waals surface area contributed by atoms with Gasteiger partial charge in [-0.2, -0.15) is 0 Å². The molecule has 3 rings (SSSR count). The highest BCUT2D eigenvalue weighted by Gasteiger charge is 2.28. The number of amides is 1. The van der Waals surface area contributed by atoms with Crippen LogP contribution in [0.3, 0.4) is 0 Å². The highest BCUT2D eigenvalue weighted by molar-refractivity contribution is 7.16. The zero-order chi connectivity index (χ0) is 9.71. The van der Waals surface area contributed by atoms with Gasteiger partial charge in [-0.1, -0.05) is 0 Å². The van der Waals surface area contributed by atoms with Crippen molar-refractivity contribution in [1.29, 1.82) is 0 Å². The van der Waals surface area contributed by atoms with Crippen LogP contribution in [0.5, 0.6) is 0 Å². The van der Waals surface area contributed by atoms with Crippen molar-refractivity contribution in [3.63, 3.8) is 0 Å². The molecule has 4 nitrogen and oxygen atoms in total. The minimum Gasteiger partial charge on any atom is -0.318 e. The lowest BCUT2D eigenvalue weighted by Crippen LogP contribution is -2.12. The first-order valence-corrected chi connectivity index (χ1v) is 4.86. The molecule has 1 aromatic carbocycles. The summed E-state index contributed by atoms with van der Waals surface area (Å²) in [6, 6.07) is 3.44. The number of anilines is 1. The van der Waals surface area contributed by atoms with E-state index in [2.05, 4.69) is 10.3 Å². The van der Waals surface area contributed by atoms with E-state index in [0.29, 0.717) is 11.3 Å². The topological polar surface area (TPSA) is 59.1 Å². The predicted molar refractivity (Wildman–Crippen MR) is 52.6 cm³/mol. The standard InChI is InChI=1S/C9H4N2O2S/c12-8-4-1-6-7(14-3-10-6)2-5(4)11-9(8)13/h1-3H,(H,11,12,13). The second kappa shape index (κ2) is 2.39. The molecule has 68 valence electrons. The number of ketones is 1. The Morgan fingerprint density at radius 1 is 1.29 bits per heavy atom. The number of nitrogens with one attached hydrogen (secondary N) is 1.